The zero-order valence-electron chi connectivity index (χ0n) is 14.1. The summed E-state index contributed by atoms with van der Waals surface area (Å²) in [6.07, 6.45) is 3.86. The molecule has 7 heteroatoms. The fourth-order valence-electron chi connectivity index (χ4n) is 2.53. The summed E-state index contributed by atoms with van der Waals surface area (Å²) in [7, 11) is 0. The number of rotatable bonds is 7. The molecule has 1 atom stereocenters. The predicted molar refractivity (Wildman–Crippen MR) is 103 cm³/mol. The number of carbonyl (C=O) groups excluding carboxylic acids is 1. The molecule has 3 rings (SSSR count). The van der Waals surface area contributed by atoms with E-state index in [0.717, 1.165) is 31.1 Å². The lowest BCUT2D eigenvalue weighted by Gasteiger charge is -2.14. The molecule has 1 aromatic carbocycles. The predicted octanol–water partition coefficient (Wildman–Crippen LogP) is 5.60. The summed E-state index contributed by atoms with van der Waals surface area (Å²) in [5.74, 6) is -2.47. The second-order valence-corrected chi connectivity index (χ2v) is 7.64. The van der Waals surface area contributed by atoms with Crippen LogP contribution in [-0.2, 0) is 5.92 Å². The maximum atomic E-state index is 13.8. The molecule has 3 nitrogen and oxygen atoms in total. The van der Waals surface area contributed by atoms with Crippen molar-refractivity contribution in [1.82, 2.24) is 5.32 Å². The van der Waals surface area contributed by atoms with Gasteiger partial charge in [0.2, 0.25) is 0 Å². The largest absolute Gasteiger partial charge is 0.456 e. The highest BCUT2D eigenvalue weighted by atomic mass is 32.1. The molecule has 1 heterocycles. The molecule has 0 radical (unpaired) electrons. The van der Waals surface area contributed by atoms with E-state index in [1.807, 2.05) is 6.07 Å². The van der Waals surface area contributed by atoms with Gasteiger partial charge < -0.3 is 10.1 Å². The van der Waals surface area contributed by atoms with Crippen molar-refractivity contribution < 1.29 is 18.3 Å². The molecule has 1 N–H and O–H groups in total. The highest BCUT2D eigenvalue weighted by Gasteiger charge is 2.34. The average Bonchev–Trinajstić information content (AvgIpc) is 3.34. The zero-order chi connectivity index (χ0) is 18.7. The molecule has 1 saturated carbocycles. The SMILES string of the molecule is CC(F)(F)c1cc(Oc2ccccc2)c(C(=O)NC(/C=C/S)C2CC2)s1. The third kappa shape index (κ3) is 4.65. The molecule has 1 amide bonds. The Kier molecular flexibility index (Phi) is 5.67. The van der Waals surface area contributed by atoms with Crippen molar-refractivity contribution in [1.29, 1.82) is 0 Å². The number of para-hydroxylation sites is 1. The first-order valence-electron chi connectivity index (χ1n) is 8.25. The van der Waals surface area contributed by atoms with Gasteiger partial charge in [0.15, 0.2) is 5.75 Å². The third-order valence-corrected chi connectivity index (χ3v) is 5.49. The fourth-order valence-corrected chi connectivity index (χ4v) is 3.63. The van der Waals surface area contributed by atoms with Crippen molar-refractivity contribution in [3.05, 3.63) is 57.6 Å². The highest BCUT2D eigenvalue weighted by molar-refractivity contribution is 7.83. The van der Waals surface area contributed by atoms with E-state index < -0.39 is 11.8 Å². The van der Waals surface area contributed by atoms with Crippen molar-refractivity contribution in [2.75, 3.05) is 0 Å². The number of thiol groups is 1. The van der Waals surface area contributed by atoms with E-state index in [4.69, 9.17) is 4.74 Å². The van der Waals surface area contributed by atoms with Crippen LogP contribution in [0.15, 0.2) is 47.9 Å². The number of carbonyl (C=O) groups is 1. The van der Waals surface area contributed by atoms with Crippen molar-refractivity contribution >= 4 is 29.9 Å². The molecule has 1 unspecified atom stereocenters. The van der Waals surface area contributed by atoms with Crippen LogP contribution in [0.2, 0.25) is 0 Å². The van der Waals surface area contributed by atoms with Crippen LogP contribution < -0.4 is 10.1 Å². The Balaban J connectivity index is 1.88. The standard InChI is InChI=1S/C19H19F2NO2S2/c1-19(20,21)16-11-15(24-13-5-3-2-4-6-13)17(26-16)18(23)22-14(9-10-25)12-7-8-12/h2-6,9-12,14,25H,7-8H2,1H3,(H,22,23)/b10-9+. The summed E-state index contributed by atoms with van der Waals surface area (Å²) < 4.78 is 33.3. The third-order valence-electron chi connectivity index (χ3n) is 4.03. The van der Waals surface area contributed by atoms with E-state index in [1.165, 1.54) is 6.07 Å². The Morgan fingerprint density at radius 2 is 2.08 bits per heavy atom. The van der Waals surface area contributed by atoms with Gasteiger partial charge in [-0.2, -0.15) is 12.6 Å². The van der Waals surface area contributed by atoms with Crippen molar-refractivity contribution in [2.24, 2.45) is 5.92 Å². The van der Waals surface area contributed by atoms with Crippen LogP contribution in [0.5, 0.6) is 11.5 Å². The van der Waals surface area contributed by atoms with Crippen LogP contribution in [0.25, 0.3) is 0 Å². The maximum absolute atomic E-state index is 13.8. The van der Waals surface area contributed by atoms with Crippen molar-refractivity contribution in [2.45, 2.75) is 31.7 Å². The normalized spacial score (nSPS) is 15.8. The summed E-state index contributed by atoms with van der Waals surface area (Å²) >= 11 is 4.82. The van der Waals surface area contributed by atoms with E-state index in [0.29, 0.717) is 11.7 Å². The molecular weight excluding hydrogens is 376 g/mol. The van der Waals surface area contributed by atoms with Crippen molar-refractivity contribution in [3.8, 4) is 11.5 Å². The average molecular weight is 395 g/mol. The van der Waals surface area contributed by atoms with Crippen LogP contribution in [0.4, 0.5) is 8.78 Å². The topological polar surface area (TPSA) is 38.3 Å². The summed E-state index contributed by atoms with van der Waals surface area (Å²) in [5.41, 5.74) is 0. The molecule has 138 valence electrons. The van der Waals surface area contributed by atoms with Gasteiger partial charge in [0.1, 0.15) is 10.6 Å². The molecule has 1 aliphatic rings. The molecule has 1 aromatic heterocycles. The van der Waals surface area contributed by atoms with Crippen molar-refractivity contribution in [3.63, 3.8) is 0 Å². The van der Waals surface area contributed by atoms with Gasteiger partial charge in [-0.1, -0.05) is 24.3 Å². The van der Waals surface area contributed by atoms with Crippen LogP contribution in [0.3, 0.4) is 0 Å². The maximum Gasteiger partial charge on any atom is 0.279 e. The molecule has 2 aromatic rings. The molecule has 1 fully saturated rings. The van der Waals surface area contributed by atoms with E-state index >= 15 is 0 Å². The first kappa shape index (κ1) is 18.9. The van der Waals surface area contributed by atoms with Gasteiger partial charge in [0.25, 0.3) is 11.8 Å². The van der Waals surface area contributed by atoms with Gasteiger partial charge in [-0.15, -0.1) is 11.3 Å². The lowest BCUT2D eigenvalue weighted by atomic mass is 10.2. The van der Waals surface area contributed by atoms with Gasteiger partial charge in [-0.3, -0.25) is 4.79 Å². The molecule has 0 saturated heterocycles. The smallest absolute Gasteiger partial charge is 0.279 e. The minimum atomic E-state index is -3.04. The number of halogens is 2. The number of alkyl halides is 2. The minimum absolute atomic E-state index is 0.139. The van der Waals surface area contributed by atoms with Gasteiger partial charge in [-0.05, 0) is 36.3 Å². The summed E-state index contributed by atoms with van der Waals surface area (Å²) in [6.45, 7) is 0.809. The summed E-state index contributed by atoms with van der Waals surface area (Å²) in [6, 6.07) is 9.88. The van der Waals surface area contributed by atoms with Crippen LogP contribution in [0, 0.1) is 5.92 Å². The molecule has 0 spiro atoms. The second-order valence-electron chi connectivity index (χ2n) is 6.29. The van der Waals surface area contributed by atoms with Crippen LogP contribution in [0.1, 0.15) is 34.3 Å². The molecule has 1 aliphatic carbocycles. The first-order valence-corrected chi connectivity index (χ1v) is 9.58. The zero-order valence-corrected chi connectivity index (χ0v) is 15.8. The second kappa shape index (κ2) is 7.80. The first-order chi connectivity index (χ1) is 12.4. The Hall–Kier alpha value is -1.86. The number of ether oxygens (including phenoxy) is 1. The van der Waals surface area contributed by atoms with E-state index in [9.17, 15) is 13.6 Å². The van der Waals surface area contributed by atoms with E-state index in [2.05, 4.69) is 17.9 Å². The molecule has 0 aliphatic heterocycles. The quantitative estimate of drug-likeness (QED) is 0.599. The number of hydrogen-bond acceptors (Lipinski definition) is 4. The lowest BCUT2D eigenvalue weighted by Crippen LogP contribution is -2.34. The number of benzene rings is 1. The molecular formula is C19H19F2NO2S2. The van der Waals surface area contributed by atoms with E-state index in [-0.39, 0.29) is 21.5 Å². The number of thiophene rings is 1. The lowest BCUT2D eigenvalue weighted by molar-refractivity contribution is 0.0214. The van der Waals surface area contributed by atoms with Gasteiger partial charge in [0, 0.05) is 13.0 Å². The van der Waals surface area contributed by atoms with Crippen LogP contribution in [-0.4, -0.2) is 11.9 Å². The molecule has 0 bridgehead atoms. The highest BCUT2D eigenvalue weighted by Crippen LogP contribution is 2.41. The number of hydrogen-bond donors (Lipinski definition) is 2. The minimum Gasteiger partial charge on any atom is -0.456 e. The van der Waals surface area contributed by atoms with Gasteiger partial charge in [-0.25, -0.2) is 8.78 Å². The number of amides is 1. The Morgan fingerprint density at radius 3 is 2.65 bits per heavy atom. The van der Waals surface area contributed by atoms with Gasteiger partial charge in [0.05, 0.1) is 10.9 Å². The monoisotopic (exact) mass is 395 g/mol. The summed E-state index contributed by atoms with van der Waals surface area (Å²) in [4.78, 5) is 12.7. The van der Waals surface area contributed by atoms with Gasteiger partial charge >= 0.3 is 0 Å². The molecule has 26 heavy (non-hydrogen) atoms. The Morgan fingerprint density at radius 1 is 1.38 bits per heavy atom. The fraction of sp³-hybridized carbons (Fsp3) is 0.316. The Labute approximate surface area is 160 Å². The summed E-state index contributed by atoms with van der Waals surface area (Å²) in [5, 5.41) is 4.49. The Bertz CT molecular complexity index is 796. The number of nitrogens with one attached hydrogen (secondary N) is 1. The van der Waals surface area contributed by atoms with E-state index in [1.54, 1.807) is 35.7 Å². The van der Waals surface area contributed by atoms with Crippen LogP contribution >= 0.6 is 24.0 Å².